The third-order valence-electron chi connectivity index (χ3n) is 2.16. The zero-order valence-electron chi connectivity index (χ0n) is 9.48. The summed E-state index contributed by atoms with van der Waals surface area (Å²) in [4.78, 5) is 8.78. The van der Waals surface area contributed by atoms with Crippen molar-refractivity contribution in [1.82, 2.24) is 9.97 Å². The Morgan fingerprint density at radius 1 is 1.12 bits per heavy atom. The first-order valence-corrected chi connectivity index (χ1v) is 6.45. The highest BCUT2D eigenvalue weighted by molar-refractivity contribution is 14.0. The van der Waals surface area contributed by atoms with E-state index in [9.17, 15) is 0 Å². The predicted molar refractivity (Wildman–Crippen MR) is 84.4 cm³/mol. The largest absolute Gasteiger partial charge is 0.228 e. The van der Waals surface area contributed by atoms with E-state index < -0.39 is 0 Å². The van der Waals surface area contributed by atoms with Gasteiger partial charge < -0.3 is 0 Å². The van der Waals surface area contributed by atoms with E-state index in [0.717, 1.165) is 27.1 Å². The Morgan fingerprint density at radius 3 is 2.35 bits per heavy atom. The molecule has 0 aliphatic rings. The van der Waals surface area contributed by atoms with Crippen LogP contribution in [-0.2, 0) is 0 Å². The number of benzene rings is 1. The van der Waals surface area contributed by atoms with Crippen molar-refractivity contribution in [3.8, 4) is 11.3 Å². The van der Waals surface area contributed by atoms with Crippen LogP contribution in [0.25, 0.3) is 11.3 Å². The Labute approximate surface area is 127 Å². The summed E-state index contributed by atoms with van der Waals surface area (Å²) in [5, 5.41) is 1.53. The van der Waals surface area contributed by atoms with E-state index in [2.05, 4.69) is 9.97 Å². The molecule has 0 unspecified atom stereocenters. The molecule has 0 amide bonds. The summed E-state index contributed by atoms with van der Waals surface area (Å²) in [6.45, 7) is 1.97. The van der Waals surface area contributed by atoms with E-state index in [4.69, 9.17) is 11.6 Å². The quantitative estimate of drug-likeness (QED) is 0.439. The second-order valence-electron chi connectivity index (χ2n) is 3.39. The number of thioether (sulfide) groups is 1. The highest BCUT2D eigenvalue weighted by Crippen LogP contribution is 2.22. The molecule has 0 aliphatic carbocycles. The fraction of sp³-hybridized carbons (Fsp3) is 0.167. The van der Waals surface area contributed by atoms with Crippen LogP contribution in [0.5, 0.6) is 0 Å². The molecule has 0 N–H and O–H groups in total. The van der Waals surface area contributed by atoms with Crippen LogP contribution in [0.2, 0.25) is 5.02 Å². The van der Waals surface area contributed by atoms with Gasteiger partial charge in [-0.05, 0) is 31.4 Å². The van der Waals surface area contributed by atoms with E-state index >= 15 is 0 Å². The van der Waals surface area contributed by atoms with Gasteiger partial charge in [0.2, 0.25) is 0 Å². The van der Waals surface area contributed by atoms with E-state index in [-0.39, 0.29) is 24.0 Å². The van der Waals surface area contributed by atoms with Crippen molar-refractivity contribution in [3.05, 3.63) is 41.0 Å². The Balaban J connectivity index is 0.00000144. The van der Waals surface area contributed by atoms with Gasteiger partial charge >= 0.3 is 0 Å². The van der Waals surface area contributed by atoms with Gasteiger partial charge in [0.15, 0.2) is 5.16 Å². The lowest BCUT2D eigenvalue weighted by molar-refractivity contribution is 0.941. The van der Waals surface area contributed by atoms with Crippen molar-refractivity contribution in [3.63, 3.8) is 0 Å². The minimum absolute atomic E-state index is 0. The van der Waals surface area contributed by atoms with Crippen molar-refractivity contribution in [2.75, 3.05) is 6.26 Å². The summed E-state index contributed by atoms with van der Waals surface area (Å²) in [6, 6.07) is 9.64. The summed E-state index contributed by atoms with van der Waals surface area (Å²) in [7, 11) is 0. The molecule has 0 aliphatic heterocycles. The highest BCUT2D eigenvalue weighted by atomic mass is 127. The first kappa shape index (κ1) is 14.7. The molecular weight excluding hydrogens is 367 g/mol. The minimum Gasteiger partial charge on any atom is -0.228 e. The number of halogens is 2. The maximum atomic E-state index is 5.85. The maximum Gasteiger partial charge on any atom is 0.188 e. The lowest BCUT2D eigenvalue weighted by atomic mass is 10.1. The summed E-state index contributed by atoms with van der Waals surface area (Å²) < 4.78 is 0. The third kappa shape index (κ3) is 3.82. The molecule has 5 heteroatoms. The molecule has 0 fully saturated rings. The van der Waals surface area contributed by atoms with Crippen LogP contribution in [0.4, 0.5) is 0 Å². The van der Waals surface area contributed by atoms with Gasteiger partial charge in [-0.2, -0.15) is 0 Å². The SMILES string of the molecule is CSc1nc(C)cc(-c2ccc(Cl)cc2)n1.I. The number of rotatable bonds is 2. The number of hydrogen-bond acceptors (Lipinski definition) is 3. The molecule has 1 aromatic heterocycles. The normalized spacial score (nSPS) is 9.82. The number of nitrogens with zero attached hydrogens (tertiary/aromatic N) is 2. The smallest absolute Gasteiger partial charge is 0.188 e. The van der Waals surface area contributed by atoms with Crippen molar-refractivity contribution in [2.45, 2.75) is 12.1 Å². The number of aromatic nitrogens is 2. The zero-order valence-corrected chi connectivity index (χ0v) is 13.4. The first-order chi connectivity index (χ1) is 7.69. The Bertz CT molecular complexity index is 502. The average Bonchev–Trinajstić information content (AvgIpc) is 2.29. The summed E-state index contributed by atoms with van der Waals surface area (Å²) in [5.41, 5.74) is 2.98. The van der Waals surface area contributed by atoms with Crippen molar-refractivity contribution in [2.24, 2.45) is 0 Å². The van der Waals surface area contributed by atoms with Crippen LogP contribution < -0.4 is 0 Å². The number of hydrogen-bond donors (Lipinski definition) is 0. The Kier molecular flexibility index (Phi) is 5.69. The molecule has 1 aromatic carbocycles. The number of aryl methyl sites for hydroxylation is 1. The molecular formula is C12H12ClIN2S. The Hall–Kier alpha value is -0.330. The molecule has 17 heavy (non-hydrogen) atoms. The van der Waals surface area contributed by atoms with Crippen LogP contribution >= 0.6 is 47.3 Å². The fourth-order valence-electron chi connectivity index (χ4n) is 1.40. The van der Waals surface area contributed by atoms with Crippen LogP contribution in [0.1, 0.15) is 5.69 Å². The molecule has 2 nitrogen and oxygen atoms in total. The molecule has 2 aromatic rings. The van der Waals surface area contributed by atoms with Gasteiger partial charge in [0.1, 0.15) is 0 Å². The van der Waals surface area contributed by atoms with E-state index in [1.54, 1.807) is 11.8 Å². The zero-order chi connectivity index (χ0) is 11.5. The summed E-state index contributed by atoms with van der Waals surface area (Å²) in [5.74, 6) is 0. The third-order valence-corrected chi connectivity index (χ3v) is 2.96. The fourth-order valence-corrected chi connectivity index (χ4v) is 1.95. The van der Waals surface area contributed by atoms with Gasteiger partial charge in [0.05, 0.1) is 5.69 Å². The van der Waals surface area contributed by atoms with Gasteiger partial charge in [-0.1, -0.05) is 35.5 Å². The van der Waals surface area contributed by atoms with Crippen molar-refractivity contribution < 1.29 is 0 Å². The second-order valence-corrected chi connectivity index (χ2v) is 4.60. The molecule has 0 atom stereocenters. The molecule has 1 heterocycles. The first-order valence-electron chi connectivity index (χ1n) is 4.84. The summed E-state index contributed by atoms with van der Waals surface area (Å²) >= 11 is 7.40. The minimum atomic E-state index is 0. The average molecular weight is 379 g/mol. The summed E-state index contributed by atoms with van der Waals surface area (Å²) in [6.07, 6.45) is 1.97. The topological polar surface area (TPSA) is 25.8 Å². The maximum absolute atomic E-state index is 5.85. The van der Waals surface area contributed by atoms with Crippen LogP contribution in [0.3, 0.4) is 0 Å². The van der Waals surface area contributed by atoms with Gasteiger partial charge in [-0.3, -0.25) is 0 Å². The molecule has 0 radical (unpaired) electrons. The van der Waals surface area contributed by atoms with Gasteiger partial charge in [-0.25, -0.2) is 9.97 Å². The molecule has 0 spiro atoms. The molecule has 2 rings (SSSR count). The van der Waals surface area contributed by atoms with Crippen LogP contribution in [-0.4, -0.2) is 16.2 Å². The van der Waals surface area contributed by atoms with Gasteiger partial charge in [-0.15, -0.1) is 24.0 Å². The lowest BCUT2D eigenvalue weighted by Crippen LogP contribution is -1.92. The lowest BCUT2D eigenvalue weighted by Gasteiger charge is -2.04. The molecule has 0 saturated heterocycles. The van der Waals surface area contributed by atoms with E-state index in [1.807, 2.05) is 43.5 Å². The molecule has 0 saturated carbocycles. The Morgan fingerprint density at radius 2 is 1.76 bits per heavy atom. The molecule has 0 bridgehead atoms. The molecule has 90 valence electrons. The highest BCUT2D eigenvalue weighted by Gasteiger charge is 2.03. The van der Waals surface area contributed by atoms with Gasteiger partial charge in [0, 0.05) is 16.3 Å². The van der Waals surface area contributed by atoms with E-state index in [1.165, 1.54) is 0 Å². The predicted octanol–water partition coefficient (Wildman–Crippen LogP) is 4.45. The van der Waals surface area contributed by atoms with Crippen molar-refractivity contribution in [1.29, 1.82) is 0 Å². The second kappa shape index (κ2) is 6.56. The van der Waals surface area contributed by atoms with E-state index in [0.29, 0.717) is 0 Å². The van der Waals surface area contributed by atoms with Gasteiger partial charge in [0.25, 0.3) is 0 Å². The standard InChI is InChI=1S/C12H11ClN2S.HI/c1-8-7-11(15-12(14-8)16-2)9-3-5-10(13)6-4-9;/h3-7H,1-2H3;1H. The monoisotopic (exact) mass is 378 g/mol. The van der Waals surface area contributed by atoms with Crippen molar-refractivity contribution >= 4 is 47.3 Å². The van der Waals surface area contributed by atoms with Crippen LogP contribution in [0.15, 0.2) is 35.5 Å². The van der Waals surface area contributed by atoms with Crippen LogP contribution in [0, 0.1) is 6.92 Å².